The fourth-order valence-corrected chi connectivity index (χ4v) is 3.57. The van der Waals surface area contributed by atoms with Crippen LogP contribution >= 0.6 is 0 Å². The second-order valence-electron chi connectivity index (χ2n) is 6.96. The molecule has 0 aliphatic carbocycles. The molecule has 0 radical (unpaired) electrons. The molecule has 1 amide bonds. The minimum absolute atomic E-state index is 0.0479. The Morgan fingerprint density at radius 3 is 2.38 bits per heavy atom. The molecule has 0 saturated heterocycles. The molecule has 0 bridgehead atoms. The van der Waals surface area contributed by atoms with Crippen LogP contribution in [0.4, 0.5) is 0 Å². The Labute approximate surface area is 170 Å². The van der Waals surface area contributed by atoms with Gasteiger partial charge in [-0.05, 0) is 25.0 Å². The van der Waals surface area contributed by atoms with E-state index in [1.54, 1.807) is 6.20 Å². The van der Waals surface area contributed by atoms with E-state index in [0.717, 1.165) is 34.3 Å². The van der Waals surface area contributed by atoms with Crippen molar-refractivity contribution in [1.82, 2.24) is 20.1 Å². The zero-order chi connectivity index (χ0) is 20.2. The number of pyridine rings is 1. The van der Waals surface area contributed by atoms with Crippen LogP contribution in [0.1, 0.15) is 42.2 Å². The summed E-state index contributed by atoms with van der Waals surface area (Å²) in [5.41, 5.74) is 4.17. The highest BCUT2D eigenvalue weighted by atomic mass is 16.1. The number of aryl methyl sites for hydroxylation is 1. The molecule has 2 heterocycles. The van der Waals surface area contributed by atoms with Crippen molar-refractivity contribution in [3.05, 3.63) is 84.1 Å². The van der Waals surface area contributed by atoms with Crippen molar-refractivity contribution >= 4 is 16.9 Å². The van der Waals surface area contributed by atoms with Gasteiger partial charge in [-0.3, -0.25) is 4.79 Å². The van der Waals surface area contributed by atoms with Gasteiger partial charge in [0.2, 0.25) is 0 Å². The van der Waals surface area contributed by atoms with Gasteiger partial charge in [0.15, 0.2) is 5.65 Å². The molecule has 29 heavy (non-hydrogen) atoms. The highest BCUT2D eigenvalue weighted by molar-refractivity contribution is 6.06. The monoisotopic (exact) mass is 384 g/mol. The zero-order valence-electron chi connectivity index (χ0n) is 16.7. The maximum atomic E-state index is 13.3. The van der Waals surface area contributed by atoms with Crippen molar-refractivity contribution in [2.45, 2.75) is 32.9 Å². The van der Waals surface area contributed by atoms with E-state index in [4.69, 9.17) is 4.98 Å². The number of amides is 1. The van der Waals surface area contributed by atoms with Gasteiger partial charge in [-0.1, -0.05) is 67.6 Å². The van der Waals surface area contributed by atoms with Crippen molar-refractivity contribution in [2.75, 3.05) is 0 Å². The number of nitrogens with one attached hydrogen (secondary N) is 1. The summed E-state index contributed by atoms with van der Waals surface area (Å²) in [5, 5.41) is 8.39. The lowest BCUT2D eigenvalue weighted by atomic mass is 10.0. The van der Waals surface area contributed by atoms with E-state index in [-0.39, 0.29) is 11.9 Å². The Hall–Kier alpha value is -3.47. The Morgan fingerprint density at radius 1 is 1.03 bits per heavy atom. The number of fused-ring (bicyclic) bond motifs is 1. The van der Waals surface area contributed by atoms with Gasteiger partial charge in [0.1, 0.15) is 0 Å². The van der Waals surface area contributed by atoms with E-state index in [1.807, 2.05) is 78.3 Å². The van der Waals surface area contributed by atoms with Crippen LogP contribution in [0, 0.1) is 0 Å². The van der Waals surface area contributed by atoms with Crippen LogP contribution < -0.4 is 5.32 Å². The molecule has 146 valence electrons. The molecule has 5 nitrogen and oxygen atoms in total. The van der Waals surface area contributed by atoms with Gasteiger partial charge < -0.3 is 5.32 Å². The smallest absolute Gasteiger partial charge is 0.252 e. The van der Waals surface area contributed by atoms with E-state index in [2.05, 4.69) is 17.3 Å². The number of hydrogen-bond donors (Lipinski definition) is 1. The van der Waals surface area contributed by atoms with Gasteiger partial charge in [0.25, 0.3) is 5.91 Å². The number of aromatic nitrogens is 3. The van der Waals surface area contributed by atoms with Crippen LogP contribution in [-0.2, 0) is 6.54 Å². The predicted molar refractivity (Wildman–Crippen MR) is 116 cm³/mol. The van der Waals surface area contributed by atoms with E-state index in [1.165, 1.54) is 0 Å². The van der Waals surface area contributed by atoms with Gasteiger partial charge in [-0.2, -0.15) is 5.10 Å². The zero-order valence-corrected chi connectivity index (χ0v) is 16.7. The number of nitrogens with zero attached hydrogens (tertiary/aromatic N) is 3. The second-order valence-corrected chi connectivity index (χ2v) is 6.96. The topological polar surface area (TPSA) is 59.8 Å². The maximum absolute atomic E-state index is 13.3. The second kappa shape index (κ2) is 8.27. The normalized spacial score (nSPS) is 12.1. The van der Waals surface area contributed by atoms with Gasteiger partial charge >= 0.3 is 0 Å². The summed E-state index contributed by atoms with van der Waals surface area (Å²) in [7, 11) is 0. The van der Waals surface area contributed by atoms with E-state index < -0.39 is 0 Å². The lowest BCUT2D eigenvalue weighted by Gasteiger charge is -2.18. The summed E-state index contributed by atoms with van der Waals surface area (Å²) in [5.74, 6) is -0.110. The minimum atomic E-state index is -0.110. The predicted octanol–water partition coefficient (Wildman–Crippen LogP) is 5.00. The number of benzene rings is 2. The molecule has 5 heteroatoms. The molecule has 0 aliphatic rings. The quantitative estimate of drug-likeness (QED) is 0.509. The van der Waals surface area contributed by atoms with Crippen LogP contribution in [0.2, 0.25) is 0 Å². The molecule has 1 atom stereocenters. The number of hydrogen-bond acceptors (Lipinski definition) is 3. The van der Waals surface area contributed by atoms with Crippen molar-refractivity contribution in [3.63, 3.8) is 0 Å². The molecule has 2 aromatic carbocycles. The van der Waals surface area contributed by atoms with Gasteiger partial charge in [0, 0.05) is 12.1 Å². The highest BCUT2D eigenvalue weighted by Gasteiger charge is 2.20. The molecule has 4 rings (SSSR count). The van der Waals surface area contributed by atoms with Gasteiger partial charge in [-0.15, -0.1) is 0 Å². The van der Waals surface area contributed by atoms with Crippen molar-refractivity contribution in [2.24, 2.45) is 0 Å². The van der Waals surface area contributed by atoms with Crippen LogP contribution in [0.5, 0.6) is 0 Å². The van der Waals surface area contributed by atoms with E-state index in [0.29, 0.717) is 12.1 Å². The third-order valence-electron chi connectivity index (χ3n) is 5.14. The van der Waals surface area contributed by atoms with Crippen molar-refractivity contribution in [3.8, 4) is 11.3 Å². The molecule has 0 unspecified atom stereocenters. The number of carbonyl (C=O) groups is 1. The number of carbonyl (C=O) groups excluding carboxylic acids is 1. The summed E-state index contributed by atoms with van der Waals surface area (Å²) in [6.07, 6.45) is 2.54. The lowest BCUT2D eigenvalue weighted by Crippen LogP contribution is -2.28. The van der Waals surface area contributed by atoms with Crippen molar-refractivity contribution < 1.29 is 4.79 Å². The molecule has 0 spiro atoms. The molecule has 0 aliphatic heterocycles. The summed E-state index contributed by atoms with van der Waals surface area (Å²) in [6.45, 7) is 4.79. The molecule has 0 fully saturated rings. The molecule has 2 aromatic heterocycles. The fraction of sp³-hybridized carbons (Fsp3) is 0.208. The molecular formula is C24H24N4O. The SMILES string of the molecule is CC[C@H](NC(=O)c1cc(-c2ccccc2)nc2c1cnn2CC)c1ccccc1. The molecule has 0 saturated carbocycles. The first kappa shape index (κ1) is 18.9. The van der Waals surface area contributed by atoms with Crippen LogP contribution in [0.15, 0.2) is 72.9 Å². The third kappa shape index (κ3) is 3.76. The largest absolute Gasteiger partial charge is 0.345 e. The summed E-state index contributed by atoms with van der Waals surface area (Å²) >= 11 is 0. The summed E-state index contributed by atoms with van der Waals surface area (Å²) in [6, 6.07) is 21.8. The average Bonchev–Trinajstić information content (AvgIpc) is 3.21. The first-order chi connectivity index (χ1) is 14.2. The Kier molecular flexibility index (Phi) is 5.38. The van der Waals surface area contributed by atoms with Crippen LogP contribution in [-0.4, -0.2) is 20.7 Å². The summed E-state index contributed by atoms with van der Waals surface area (Å²) in [4.78, 5) is 18.1. The lowest BCUT2D eigenvalue weighted by molar-refractivity contribution is 0.0937. The Balaban J connectivity index is 1.77. The fourth-order valence-electron chi connectivity index (χ4n) is 3.57. The van der Waals surface area contributed by atoms with Gasteiger partial charge in [0.05, 0.1) is 28.9 Å². The Morgan fingerprint density at radius 2 is 1.72 bits per heavy atom. The highest BCUT2D eigenvalue weighted by Crippen LogP contribution is 2.26. The first-order valence-electron chi connectivity index (χ1n) is 9.99. The van der Waals surface area contributed by atoms with Gasteiger partial charge in [-0.25, -0.2) is 9.67 Å². The standard InChI is InChI=1S/C24H24N4O/c1-3-21(17-11-7-5-8-12-17)27-24(29)19-15-22(18-13-9-6-10-14-18)26-23-20(19)16-25-28(23)4-2/h5-16,21H,3-4H2,1-2H3,(H,27,29)/t21-/m0/s1. The Bertz CT molecular complexity index is 1120. The summed E-state index contributed by atoms with van der Waals surface area (Å²) < 4.78 is 1.83. The first-order valence-corrected chi connectivity index (χ1v) is 9.99. The third-order valence-corrected chi connectivity index (χ3v) is 5.14. The number of rotatable bonds is 6. The molecule has 1 N–H and O–H groups in total. The van der Waals surface area contributed by atoms with E-state index >= 15 is 0 Å². The van der Waals surface area contributed by atoms with Crippen LogP contribution in [0.25, 0.3) is 22.3 Å². The molecular weight excluding hydrogens is 360 g/mol. The van der Waals surface area contributed by atoms with Crippen molar-refractivity contribution in [1.29, 1.82) is 0 Å². The minimum Gasteiger partial charge on any atom is -0.345 e. The van der Waals surface area contributed by atoms with Crippen LogP contribution in [0.3, 0.4) is 0 Å². The maximum Gasteiger partial charge on any atom is 0.252 e. The molecule has 4 aromatic rings. The average molecular weight is 384 g/mol. The van der Waals surface area contributed by atoms with E-state index in [9.17, 15) is 4.79 Å².